The van der Waals surface area contributed by atoms with Gasteiger partial charge in [0.25, 0.3) is 5.91 Å². The molecule has 36 heavy (non-hydrogen) atoms. The first-order valence-electron chi connectivity index (χ1n) is 12.6. The Morgan fingerprint density at radius 1 is 1.19 bits per heavy atom. The molecule has 3 aromatic rings. The molecule has 1 saturated heterocycles. The number of hydrogen-bond donors (Lipinski definition) is 2. The van der Waals surface area contributed by atoms with Crippen molar-refractivity contribution >= 4 is 40.4 Å². The molecule has 8 nitrogen and oxygen atoms in total. The van der Waals surface area contributed by atoms with Crippen LogP contribution < -0.4 is 10.6 Å². The van der Waals surface area contributed by atoms with Gasteiger partial charge in [-0.2, -0.15) is 0 Å². The molecule has 2 N–H and O–H groups in total. The van der Waals surface area contributed by atoms with E-state index in [9.17, 15) is 9.59 Å². The second-order valence-electron chi connectivity index (χ2n) is 9.57. The van der Waals surface area contributed by atoms with Gasteiger partial charge in [0.1, 0.15) is 0 Å². The molecule has 5 rings (SSSR count). The number of aryl methyl sites for hydroxylation is 1. The van der Waals surface area contributed by atoms with Gasteiger partial charge in [-0.25, -0.2) is 4.98 Å². The lowest BCUT2D eigenvalue weighted by Crippen LogP contribution is -2.35. The van der Waals surface area contributed by atoms with Crippen molar-refractivity contribution in [2.24, 2.45) is 0 Å². The van der Waals surface area contributed by atoms with Crippen LogP contribution in [0.1, 0.15) is 54.2 Å². The van der Waals surface area contributed by atoms with E-state index in [1.54, 1.807) is 24.4 Å². The van der Waals surface area contributed by atoms with Crippen molar-refractivity contribution in [3.63, 3.8) is 0 Å². The van der Waals surface area contributed by atoms with E-state index in [1.165, 1.54) is 12.8 Å². The second-order valence-corrected chi connectivity index (χ2v) is 9.98. The number of pyridine rings is 1. The Hall–Kier alpha value is -3.23. The van der Waals surface area contributed by atoms with Gasteiger partial charge in [0.2, 0.25) is 11.9 Å². The van der Waals surface area contributed by atoms with Crippen LogP contribution in [-0.2, 0) is 4.79 Å². The fraction of sp³-hybridized carbons (Fsp3) is 0.407. The quantitative estimate of drug-likeness (QED) is 0.460. The molecule has 1 saturated carbocycles. The summed E-state index contributed by atoms with van der Waals surface area (Å²) in [5, 5.41) is 6.95. The van der Waals surface area contributed by atoms with Gasteiger partial charge in [0.05, 0.1) is 22.1 Å². The van der Waals surface area contributed by atoms with Crippen molar-refractivity contribution in [1.82, 2.24) is 24.8 Å². The van der Waals surface area contributed by atoms with Crippen molar-refractivity contribution in [3.8, 4) is 0 Å². The molecule has 1 aliphatic carbocycles. The highest BCUT2D eigenvalue weighted by Gasteiger charge is 2.27. The molecule has 188 valence electrons. The lowest BCUT2D eigenvalue weighted by atomic mass is 10.1. The maximum absolute atomic E-state index is 13.1. The van der Waals surface area contributed by atoms with Gasteiger partial charge in [-0.1, -0.05) is 23.7 Å². The summed E-state index contributed by atoms with van der Waals surface area (Å²) in [6.45, 7) is 3.78. The zero-order valence-electron chi connectivity index (χ0n) is 20.4. The van der Waals surface area contributed by atoms with Crippen LogP contribution >= 0.6 is 11.6 Å². The standard InChI is InChI=1S/C27H31ClN6O2/c1-18-16-19(12-14-29-18)26(36)32-27-31-23-8-4-7-22(28)25(23)34(27)21-6-2-3-15-33(17-21)24(35)9-5-13-30-20-10-11-20/h4-5,7-9,12,14,16,20-21,30H,2-3,6,10-11,13,15,17H2,1H3,(H,31,32,36). The Morgan fingerprint density at radius 2 is 2.06 bits per heavy atom. The highest BCUT2D eigenvalue weighted by atomic mass is 35.5. The van der Waals surface area contributed by atoms with Gasteiger partial charge in [0.15, 0.2) is 0 Å². The van der Waals surface area contributed by atoms with Crippen LogP contribution in [-0.4, -0.2) is 56.9 Å². The first kappa shape index (κ1) is 24.5. The van der Waals surface area contributed by atoms with Gasteiger partial charge in [-0.15, -0.1) is 0 Å². The number of aromatic nitrogens is 3. The average Bonchev–Trinajstić information content (AvgIpc) is 3.66. The normalized spacial score (nSPS) is 18.5. The van der Waals surface area contributed by atoms with Crippen LogP contribution in [0.3, 0.4) is 0 Å². The van der Waals surface area contributed by atoms with Crippen molar-refractivity contribution in [2.75, 3.05) is 25.0 Å². The minimum Gasteiger partial charge on any atom is -0.337 e. The molecule has 0 bridgehead atoms. The molecular weight excluding hydrogens is 476 g/mol. The lowest BCUT2D eigenvalue weighted by molar-refractivity contribution is -0.126. The molecule has 0 spiro atoms. The smallest absolute Gasteiger partial charge is 0.258 e. The van der Waals surface area contributed by atoms with E-state index >= 15 is 0 Å². The first-order chi connectivity index (χ1) is 17.5. The third-order valence-corrected chi connectivity index (χ3v) is 7.04. The van der Waals surface area contributed by atoms with Crippen LogP contribution in [0, 0.1) is 6.92 Å². The molecule has 1 aromatic carbocycles. The largest absolute Gasteiger partial charge is 0.337 e. The number of likely N-dealkylation sites (tertiary alicyclic amines) is 1. The highest BCUT2D eigenvalue weighted by molar-refractivity contribution is 6.35. The number of halogens is 1. The van der Waals surface area contributed by atoms with Crippen molar-refractivity contribution in [2.45, 2.75) is 51.1 Å². The molecule has 9 heteroatoms. The summed E-state index contributed by atoms with van der Waals surface area (Å²) in [6, 6.07) is 9.52. The lowest BCUT2D eigenvalue weighted by Gasteiger charge is -2.26. The molecule has 2 aromatic heterocycles. The van der Waals surface area contributed by atoms with E-state index in [1.807, 2.05) is 40.7 Å². The fourth-order valence-corrected chi connectivity index (χ4v) is 4.99. The highest BCUT2D eigenvalue weighted by Crippen LogP contribution is 2.34. The minimum absolute atomic E-state index is 0.00728. The Morgan fingerprint density at radius 3 is 2.86 bits per heavy atom. The summed E-state index contributed by atoms with van der Waals surface area (Å²) in [4.78, 5) is 36.9. The SMILES string of the molecule is Cc1cc(C(=O)Nc2nc3cccc(Cl)c3n2C2CCCCN(C(=O)C=CCNC3CC3)C2)ccn1. The Balaban J connectivity index is 1.42. The summed E-state index contributed by atoms with van der Waals surface area (Å²) < 4.78 is 2.01. The number of para-hydroxylation sites is 1. The minimum atomic E-state index is -0.263. The number of amides is 2. The maximum atomic E-state index is 13.1. The molecule has 2 amide bonds. The molecule has 1 unspecified atom stereocenters. The first-order valence-corrected chi connectivity index (χ1v) is 13.0. The number of benzene rings is 1. The number of imidazole rings is 1. The third-order valence-electron chi connectivity index (χ3n) is 6.73. The molecule has 0 radical (unpaired) electrons. The summed E-state index contributed by atoms with van der Waals surface area (Å²) in [7, 11) is 0. The van der Waals surface area contributed by atoms with Crippen LogP contribution in [0.15, 0.2) is 48.7 Å². The van der Waals surface area contributed by atoms with Gasteiger partial charge in [-0.05, 0) is 63.3 Å². The van der Waals surface area contributed by atoms with Crippen LogP contribution in [0.4, 0.5) is 5.95 Å². The zero-order chi connectivity index (χ0) is 25.1. The van der Waals surface area contributed by atoms with Crippen molar-refractivity contribution in [1.29, 1.82) is 0 Å². The van der Waals surface area contributed by atoms with E-state index in [4.69, 9.17) is 16.6 Å². The number of nitrogens with zero attached hydrogens (tertiary/aromatic N) is 4. The third kappa shape index (κ3) is 5.60. The molecule has 2 aliphatic rings. The van der Waals surface area contributed by atoms with Gasteiger partial charge in [-0.3, -0.25) is 19.9 Å². The Bertz CT molecular complexity index is 1300. The summed E-state index contributed by atoms with van der Waals surface area (Å²) >= 11 is 6.64. The van der Waals surface area contributed by atoms with E-state index < -0.39 is 0 Å². The fourth-order valence-electron chi connectivity index (χ4n) is 4.73. The molecule has 1 aliphatic heterocycles. The van der Waals surface area contributed by atoms with E-state index in [0.717, 1.165) is 30.5 Å². The monoisotopic (exact) mass is 506 g/mol. The van der Waals surface area contributed by atoms with Crippen LogP contribution in [0.5, 0.6) is 0 Å². The molecule has 2 fully saturated rings. The zero-order valence-corrected chi connectivity index (χ0v) is 21.2. The van der Waals surface area contributed by atoms with Crippen LogP contribution in [0.2, 0.25) is 5.02 Å². The van der Waals surface area contributed by atoms with Gasteiger partial charge < -0.3 is 14.8 Å². The number of rotatable bonds is 7. The molecular formula is C27H31ClN6O2. The summed E-state index contributed by atoms with van der Waals surface area (Å²) in [5.74, 6) is 0.176. The van der Waals surface area contributed by atoms with E-state index in [0.29, 0.717) is 47.7 Å². The van der Waals surface area contributed by atoms with Crippen molar-refractivity contribution in [3.05, 3.63) is 65.0 Å². The number of hydrogen-bond acceptors (Lipinski definition) is 5. The van der Waals surface area contributed by atoms with Gasteiger partial charge >= 0.3 is 0 Å². The number of carbonyl (C=O) groups excluding carboxylic acids is 2. The predicted octanol–water partition coefficient (Wildman–Crippen LogP) is 4.51. The van der Waals surface area contributed by atoms with Crippen molar-refractivity contribution < 1.29 is 9.59 Å². The number of nitrogens with one attached hydrogen (secondary N) is 2. The average molecular weight is 507 g/mol. The second kappa shape index (κ2) is 10.8. The number of carbonyl (C=O) groups is 2. The summed E-state index contributed by atoms with van der Waals surface area (Å²) in [5.41, 5.74) is 2.74. The Labute approximate surface area is 215 Å². The molecule has 3 heterocycles. The number of anilines is 1. The topological polar surface area (TPSA) is 92.2 Å². The van der Waals surface area contributed by atoms with E-state index in [-0.39, 0.29) is 17.9 Å². The maximum Gasteiger partial charge on any atom is 0.258 e. The number of fused-ring (bicyclic) bond motifs is 1. The van der Waals surface area contributed by atoms with Gasteiger partial charge in [0, 0.05) is 49.2 Å². The van der Waals surface area contributed by atoms with E-state index in [2.05, 4.69) is 15.6 Å². The predicted molar refractivity (Wildman–Crippen MR) is 141 cm³/mol. The molecule has 1 atom stereocenters. The van der Waals surface area contributed by atoms with Crippen LogP contribution in [0.25, 0.3) is 11.0 Å². The Kier molecular flexibility index (Phi) is 7.34. The summed E-state index contributed by atoms with van der Waals surface area (Å²) in [6.07, 6.45) is 10.4.